The Morgan fingerprint density at radius 2 is 1.58 bits per heavy atom. The van der Waals surface area contributed by atoms with Gasteiger partial charge in [-0.1, -0.05) is 0 Å². The number of aliphatic hydroxyl groups is 5. The molecule has 280 valence electrons. The number of aliphatic hydroxyl groups excluding tert-OH is 5. The van der Waals surface area contributed by atoms with Crippen LogP contribution in [0, 0.1) is 0 Å². The van der Waals surface area contributed by atoms with Crippen molar-refractivity contribution in [2.45, 2.75) is 55.2 Å². The van der Waals surface area contributed by atoms with E-state index in [0.717, 1.165) is 6.33 Å². The Morgan fingerprint density at radius 1 is 0.942 bits per heavy atom. The van der Waals surface area contributed by atoms with Gasteiger partial charge in [0.1, 0.15) is 54.0 Å². The minimum Gasteiger partial charge on any atom is -0.387 e. The molecule has 2 aliphatic heterocycles. The molecule has 2 fully saturated rings. The van der Waals surface area contributed by atoms with Gasteiger partial charge in [0.15, 0.2) is 36.2 Å². The number of nitrogens with two attached hydrogens (primary N) is 2. The number of nitrogens with zero attached hydrogens (tertiary/aromatic N) is 6. The molecule has 25 heteroatoms. The fourth-order valence-corrected chi connectivity index (χ4v) is 7.72. The van der Waals surface area contributed by atoms with Gasteiger partial charge in [0.25, 0.3) is 12.1 Å². The van der Waals surface area contributed by atoms with Gasteiger partial charge >= 0.3 is 15.6 Å². The highest BCUT2D eigenvalue weighted by atomic mass is 31.3. The average molecular weight is 772 g/mol. The van der Waals surface area contributed by atoms with Crippen LogP contribution in [0.25, 0.3) is 11.2 Å². The van der Waals surface area contributed by atoms with Crippen molar-refractivity contribution in [3.05, 3.63) is 72.3 Å². The zero-order chi connectivity index (χ0) is 37.5. The summed E-state index contributed by atoms with van der Waals surface area (Å²) in [5, 5.41) is 53.1. The summed E-state index contributed by atoms with van der Waals surface area (Å²) in [7, 11) is -10.9. The lowest BCUT2D eigenvalue weighted by Gasteiger charge is -2.20. The third kappa shape index (κ3) is 7.74. The number of aromatic nitrogens is 6. The Morgan fingerprint density at radius 3 is 2.23 bits per heavy atom. The van der Waals surface area contributed by atoms with Crippen molar-refractivity contribution in [3.8, 4) is 0 Å². The van der Waals surface area contributed by atoms with Crippen LogP contribution < -0.4 is 16.0 Å². The quantitative estimate of drug-likeness (QED) is 0.0499. The standard InChI is InChI=1S/C27H32N8O15P2/c28-23-17-25(32-10-31-23)35(11-33-17)27-22(40)20(38)16(49-27)9-47-52(44,45)50-51(42,43)46-8-15-19(37)21(39)26(48-15)34-6-3-13(14(7-34)24(29)41)18(36)12-1-4-30-5-2-12/h1-7,10-11,15-16,18-22,26-27,36-40H,8-9H2,(H5-,28,29,31,32,41,42,43,44,45)/p+1/t15-,16-,18+,19-,20-,21-,22-,26-,27-/m1/s1. The van der Waals surface area contributed by atoms with E-state index in [1.807, 2.05) is 0 Å². The molecule has 11 N–H and O–H groups in total. The number of nitrogen functional groups attached to an aromatic ring is 1. The van der Waals surface area contributed by atoms with E-state index in [-0.39, 0.29) is 28.1 Å². The molecule has 2 saturated heterocycles. The number of carbonyl (C=O) groups excluding carboxylic acids is 1. The maximum Gasteiger partial charge on any atom is 0.481 e. The lowest BCUT2D eigenvalue weighted by atomic mass is 9.98. The predicted molar refractivity (Wildman–Crippen MR) is 168 cm³/mol. The molecular formula is C27H33N8O15P2+. The van der Waals surface area contributed by atoms with Gasteiger partial charge in [0.2, 0.25) is 0 Å². The van der Waals surface area contributed by atoms with Crippen molar-refractivity contribution in [1.29, 1.82) is 0 Å². The largest absolute Gasteiger partial charge is 0.481 e. The molecule has 0 aromatic carbocycles. The zero-order valence-electron chi connectivity index (χ0n) is 26.4. The van der Waals surface area contributed by atoms with Crippen molar-refractivity contribution >= 4 is 38.5 Å². The minimum atomic E-state index is -5.45. The van der Waals surface area contributed by atoms with Crippen LogP contribution in [0.1, 0.15) is 40.0 Å². The second-order valence-electron chi connectivity index (χ2n) is 11.6. The number of hydrogen-bond acceptors (Lipinski definition) is 18. The van der Waals surface area contributed by atoms with E-state index >= 15 is 0 Å². The molecule has 4 aromatic rings. The number of imidazole rings is 1. The molecule has 6 heterocycles. The van der Waals surface area contributed by atoms with Gasteiger partial charge in [-0.3, -0.25) is 23.4 Å². The molecule has 52 heavy (non-hydrogen) atoms. The van der Waals surface area contributed by atoms with Gasteiger partial charge in [0.05, 0.1) is 19.5 Å². The zero-order valence-corrected chi connectivity index (χ0v) is 28.2. The first-order chi connectivity index (χ1) is 24.6. The van der Waals surface area contributed by atoms with Crippen LogP contribution in [-0.4, -0.2) is 116 Å². The predicted octanol–water partition coefficient (Wildman–Crippen LogP) is -2.54. The summed E-state index contributed by atoms with van der Waals surface area (Å²) in [5.41, 5.74) is 12.0. The van der Waals surface area contributed by atoms with Crippen molar-refractivity contribution in [3.63, 3.8) is 0 Å². The number of hydrogen-bond donors (Lipinski definition) is 9. The topological polar surface area (TPSA) is 351 Å². The highest BCUT2D eigenvalue weighted by molar-refractivity contribution is 7.61. The van der Waals surface area contributed by atoms with Crippen LogP contribution in [0.3, 0.4) is 0 Å². The highest BCUT2D eigenvalue weighted by Gasteiger charge is 2.50. The van der Waals surface area contributed by atoms with Gasteiger partial charge in [-0.05, 0) is 17.7 Å². The first kappa shape index (κ1) is 37.8. The lowest BCUT2D eigenvalue weighted by molar-refractivity contribution is -0.765. The molecule has 1 amide bonds. The van der Waals surface area contributed by atoms with Gasteiger partial charge in [-0.25, -0.2) is 24.1 Å². The maximum atomic E-state index is 12.6. The number of primary amides is 1. The van der Waals surface area contributed by atoms with Gasteiger partial charge in [-0.15, -0.1) is 0 Å². The molecule has 2 unspecified atom stereocenters. The maximum absolute atomic E-state index is 12.6. The molecule has 23 nitrogen and oxygen atoms in total. The molecule has 0 saturated carbocycles. The normalized spacial score (nSPS) is 29.1. The van der Waals surface area contributed by atoms with Crippen molar-refractivity contribution in [2.24, 2.45) is 5.73 Å². The summed E-state index contributed by atoms with van der Waals surface area (Å²) >= 11 is 0. The van der Waals surface area contributed by atoms with Crippen LogP contribution in [0.4, 0.5) is 5.82 Å². The molecule has 2 aliphatic rings. The Kier molecular flexibility index (Phi) is 10.8. The summed E-state index contributed by atoms with van der Waals surface area (Å²) < 4.78 is 52.6. The van der Waals surface area contributed by atoms with E-state index in [4.69, 9.17) is 30.0 Å². The van der Waals surface area contributed by atoms with Crippen molar-refractivity contribution in [2.75, 3.05) is 18.9 Å². The van der Waals surface area contributed by atoms with Crippen molar-refractivity contribution in [1.82, 2.24) is 24.5 Å². The Bertz CT molecular complexity index is 2030. The smallest absolute Gasteiger partial charge is 0.387 e. The molecule has 0 aliphatic carbocycles. The second-order valence-corrected chi connectivity index (χ2v) is 14.6. The number of anilines is 1. The molecule has 4 aromatic heterocycles. The molecule has 11 atom stereocenters. The van der Waals surface area contributed by atoms with Crippen LogP contribution in [0.5, 0.6) is 0 Å². The second kappa shape index (κ2) is 14.9. The molecular weight excluding hydrogens is 738 g/mol. The summed E-state index contributed by atoms with van der Waals surface area (Å²) in [6, 6.07) is 4.40. The highest BCUT2D eigenvalue weighted by Crippen LogP contribution is 2.60. The molecule has 6 rings (SSSR count). The van der Waals surface area contributed by atoms with E-state index in [2.05, 4.69) is 24.2 Å². The minimum absolute atomic E-state index is 0.0396. The Hall–Kier alpha value is -3.90. The molecule has 0 radical (unpaired) electrons. The number of fused-ring (bicyclic) bond motifs is 1. The van der Waals surface area contributed by atoms with Gasteiger partial charge in [0, 0.05) is 24.0 Å². The van der Waals surface area contributed by atoms with E-state index in [0.29, 0.717) is 5.56 Å². The first-order valence-corrected chi connectivity index (χ1v) is 18.1. The van der Waals surface area contributed by atoms with Crippen LogP contribution in [0.15, 0.2) is 55.6 Å². The first-order valence-electron chi connectivity index (χ1n) is 15.1. The van der Waals surface area contributed by atoms with E-state index in [9.17, 15) is 49.2 Å². The summed E-state index contributed by atoms with van der Waals surface area (Å²) in [6.07, 6.45) is -5.95. The van der Waals surface area contributed by atoms with Gasteiger partial charge in [-0.2, -0.15) is 8.88 Å². The number of amides is 1. The Labute approximate surface area is 291 Å². The van der Waals surface area contributed by atoms with Crippen LogP contribution >= 0.6 is 15.6 Å². The molecule has 0 spiro atoms. The number of pyridine rings is 2. The molecule has 0 bridgehead atoms. The third-order valence-electron chi connectivity index (χ3n) is 8.24. The van der Waals surface area contributed by atoms with Crippen molar-refractivity contribution < 1.29 is 76.6 Å². The van der Waals surface area contributed by atoms with Crippen LogP contribution in [0.2, 0.25) is 0 Å². The monoisotopic (exact) mass is 771 g/mol. The number of phosphoric acid groups is 2. The summed E-state index contributed by atoms with van der Waals surface area (Å²) in [4.78, 5) is 48.3. The number of rotatable bonds is 13. The fourth-order valence-electron chi connectivity index (χ4n) is 5.63. The fraction of sp³-hybridized carbons (Fsp3) is 0.407. The SMILES string of the molecule is NC(=O)c1c[n+]([C@@H]2O[C@H](COP(=O)(O)OP(=O)(O)OC[C@H]3O[C@@H](n4cnc5c(N)ncnc54)[C@H](O)[C@@H]3O)[C@@H](O)[C@H]2O)ccc1[C@@H](O)c1ccncc1. The number of phosphoric ester groups is 2. The number of carbonyl (C=O) groups is 1. The van der Waals surface area contributed by atoms with Gasteiger partial charge < -0.3 is 56.3 Å². The van der Waals surface area contributed by atoms with E-state index in [1.54, 1.807) is 0 Å². The lowest BCUT2D eigenvalue weighted by Crippen LogP contribution is -2.46. The number of ether oxygens (including phenoxy) is 2. The summed E-state index contributed by atoms with van der Waals surface area (Å²) in [5.74, 6) is -0.894. The van der Waals surface area contributed by atoms with E-state index in [1.165, 1.54) is 58.4 Å². The van der Waals surface area contributed by atoms with Crippen LogP contribution in [-0.2, 0) is 32.0 Å². The third-order valence-corrected chi connectivity index (χ3v) is 10.8. The summed E-state index contributed by atoms with van der Waals surface area (Å²) in [6.45, 7) is -1.89. The Balaban J connectivity index is 1.05. The average Bonchev–Trinajstić information content (AvgIpc) is 3.75. The van der Waals surface area contributed by atoms with E-state index < -0.39 is 89.9 Å².